The van der Waals surface area contributed by atoms with Crippen molar-refractivity contribution in [2.45, 2.75) is 13.3 Å². The van der Waals surface area contributed by atoms with E-state index in [1.165, 1.54) is 23.1 Å². The van der Waals surface area contributed by atoms with Crippen LogP contribution < -0.4 is 10.2 Å². The number of benzene rings is 1. The van der Waals surface area contributed by atoms with Crippen LogP contribution in [0.1, 0.15) is 22.5 Å². The highest BCUT2D eigenvalue weighted by molar-refractivity contribution is 6.22. The molecule has 3 aliphatic rings. The van der Waals surface area contributed by atoms with Gasteiger partial charge in [-0.25, -0.2) is 4.79 Å². The number of esters is 1. The molecule has 2 heterocycles. The highest BCUT2D eigenvalue weighted by atomic mass is 16.5. The Morgan fingerprint density at radius 3 is 2.35 bits per heavy atom. The molecule has 2 bridgehead atoms. The predicted molar refractivity (Wildman–Crippen MR) is 107 cm³/mol. The molecule has 2 aromatic rings. The molecule has 1 saturated heterocycles. The molecule has 2 fully saturated rings. The first-order chi connectivity index (χ1) is 14.9. The number of carbonyl (C=O) groups excluding carboxylic acids is 4. The second-order valence-electron chi connectivity index (χ2n) is 8.01. The van der Waals surface area contributed by atoms with E-state index in [4.69, 9.17) is 9.26 Å². The number of nitrogens with zero attached hydrogens (tertiary/aromatic N) is 2. The summed E-state index contributed by atoms with van der Waals surface area (Å²) in [6.45, 7) is 1.19. The third kappa shape index (κ3) is 3.22. The van der Waals surface area contributed by atoms with Gasteiger partial charge in [0.2, 0.25) is 11.8 Å². The van der Waals surface area contributed by atoms with Gasteiger partial charge in [0.15, 0.2) is 12.4 Å². The SMILES string of the molecule is Cc1cc(NC(=O)COC(=O)c2ccc(N3C(=O)C4C5C=CC(C5)C4C3=O)cc2)no1. The predicted octanol–water partition coefficient (Wildman–Crippen LogP) is 2.09. The lowest BCUT2D eigenvalue weighted by atomic mass is 9.85. The number of imide groups is 1. The zero-order chi connectivity index (χ0) is 21.7. The average molecular weight is 421 g/mol. The van der Waals surface area contributed by atoms with E-state index in [9.17, 15) is 19.2 Å². The summed E-state index contributed by atoms with van der Waals surface area (Å²) < 4.78 is 9.85. The third-order valence-corrected chi connectivity index (χ3v) is 6.06. The first kappa shape index (κ1) is 19.2. The Kier molecular flexibility index (Phi) is 4.46. The van der Waals surface area contributed by atoms with Crippen molar-refractivity contribution in [1.82, 2.24) is 5.16 Å². The van der Waals surface area contributed by atoms with Gasteiger partial charge in [-0.3, -0.25) is 19.3 Å². The quantitative estimate of drug-likeness (QED) is 0.446. The summed E-state index contributed by atoms with van der Waals surface area (Å²) in [5.41, 5.74) is 0.634. The zero-order valence-corrected chi connectivity index (χ0v) is 16.6. The van der Waals surface area contributed by atoms with Crippen molar-refractivity contribution in [1.29, 1.82) is 0 Å². The summed E-state index contributed by atoms with van der Waals surface area (Å²) in [6, 6.07) is 7.56. The fourth-order valence-corrected chi connectivity index (χ4v) is 4.72. The van der Waals surface area contributed by atoms with Gasteiger partial charge in [0.1, 0.15) is 5.76 Å². The van der Waals surface area contributed by atoms with Crippen molar-refractivity contribution in [2.75, 3.05) is 16.8 Å². The van der Waals surface area contributed by atoms with Crippen molar-refractivity contribution < 1.29 is 28.4 Å². The molecule has 9 nitrogen and oxygen atoms in total. The maximum atomic E-state index is 12.9. The van der Waals surface area contributed by atoms with Crippen LogP contribution in [0.5, 0.6) is 0 Å². The smallest absolute Gasteiger partial charge is 0.338 e. The molecule has 0 spiro atoms. The number of hydrogen-bond acceptors (Lipinski definition) is 7. The molecule has 5 rings (SSSR count). The second-order valence-corrected chi connectivity index (χ2v) is 8.01. The van der Waals surface area contributed by atoms with Gasteiger partial charge >= 0.3 is 5.97 Å². The molecular formula is C22H19N3O6. The summed E-state index contributed by atoms with van der Waals surface area (Å²) in [6.07, 6.45) is 4.95. The Bertz CT molecular complexity index is 1090. The van der Waals surface area contributed by atoms with Crippen LogP contribution in [-0.2, 0) is 19.1 Å². The molecule has 1 aromatic heterocycles. The van der Waals surface area contributed by atoms with Crippen molar-refractivity contribution in [2.24, 2.45) is 23.7 Å². The van der Waals surface area contributed by atoms with Crippen LogP contribution in [0.15, 0.2) is 47.0 Å². The number of hydrogen-bond donors (Lipinski definition) is 1. The van der Waals surface area contributed by atoms with Crippen molar-refractivity contribution in [3.05, 3.63) is 53.8 Å². The lowest BCUT2D eigenvalue weighted by Gasteiger charge is -2.17. The van der Waals surface area contributed by atoms with Crippen LogP contribution in [0, 0.1) is 30.6 Å². The molecule has 1 aliphatic heterocycles. The summed E-state index contributed by atoms with van der Waals surface area (Å²) in [5, 5.41) is 6.07. The van der Waals surface area contributed by atoms with E-state index in [1.54, 1.807) is 19.1 Å². The summed E-state index contributed by atoms with van der Waals surface area (Å²) in [5.74, 6) is -1.12. The number of anilines is 2. The molecule has 0 radical (unpaired) electrons. The number of nitrogens with one attached hydrogen (secondary N) is 1. The number of aryl methyl sites for hydroxylation is 1. The second kappa shape index (κ2) is 7.19. The molecule has 1 aromatic carbocycles. The Labute approximate surface area is 177 Å². The van der Waals surface area contributed by atoms with Crippen LogP contribution in [0.2, 0.25) is 0 Å². The Balaban J connectivity index is 1.21. The normalized spacial score (nSPS) is 25.8. The molecule has 31 heavy (non-hydrogen) atoms. The van der Waals surface area contributed by atoms with Gasteiger partial charge in [-0.05, 0) is 49.4 Å². The molecule has 2 aliphatic carbocycles. The van der Waals surface area contributed by atoms with Gasteiger partial charge in [0.25, 0.3) is 5.91 Å². The minimum atomic E-state index is -0.698. The highest BCUT2D eigenvalue weighted by Gasteiger charge is 2.59. The molecule has 158 valence electrons. The minimum Gasteiger partial charge on any atom is -0.452 e. The summed E-state index contributed by atoms with van der Waals surface area (Å²) in [4.78, 5) is 51.0. The molecule has 9 heteroatoms. The highest BCUT2D eigenvalue weighted by Crippen LogP contribution is 2.53. The third-order valence-electron chi connectivity index (χ3n) is 6.06. The number of amides is 3. The molecule has 1 N–H and O–H groups in total. The van der Waals surface area contributed by atoms with E-state index in [2.05, 4.69) is 10.5 Å². The number of fused-ring (bicyclic) bond motifs is 5. The molecule has 4 unspecified atom stereocenters. The van der Waals surface area contributed by atoms with E-state index in [0.717, 1.165) is 6.42 Å². The van der Waals surface area contributed by atoms with Gasteiger partial charge in [-0.1, -0.05) is 17.3 Å². The first-order valence-electron chi connectivity index (χ1n) is 9.99. The summed E-state index contributed by atoms with van der Waals surface area (Å²) >= 11 is 0. The monoisotopic (exact) mass is 421 g/mol. The zero-order valence-electron chi connectivity index (χ0n) is 16.6. The van der Waals surface area contributed by atoms with E-state index in [-0.39, 0.29) is 46.9 Å². The Morgan fingerprint density at radius 2 is 1.77 bits per heavy atom. The number of rotatable bonds is 5. The van der Waals surface area contributed by atoms with Crippen LogP contribution in [0.4, 0.5) is 11.5 Å². The Morgan fingerprint density at radius 1 is 1.13 bits per heavy atom. The van der Waals surface area contributed by atoms with Crippen LogP contribution in [-0.4, -0.2) is 35.5 Å². The van der Waals surface area contributed by atoms with E-state index < -0.39 is 18.5 Å². The molecule has 3 amide bonds. The van der Waals surface area contributed by atoms with Crippen LogP contribution in [0.25, 0.3) is 0 Å². The van der Waals surface area contributed by atoms with Gasteiger partial charge < -0.3 is 14.6 Å². The standard InChI is InChI=1S/C22H19N3O6/c1-11-8-16(24-31-11)23-17(26)10-30-22(29)12-4-6-15(7-5-12)25-20(27)18-13-2-3-14(9-13)19(18)21(25)28/h2-8,13-14,18-19H,9-10H2,1H3,(H,23,24,26). The number of carbonyl (C=O) groups is 4. The lowest BCUT2D eigenvalue weighted by Crippen LogP contribution is -2.32. The average Bonchev–Trinajstić information content (AvgIpc) is 3.52. The fourth-order valence-electron chi connectivity index (χ4n) is 4.72. The summed E-state index contributed by atoms with van der Waals surface area (Å²) in [7, 11) is 0. The van der Waals surface area contributed by atoms with Gasteiger partial charge in [-0.15, -0.1) is 0 Å². The van der Waals surface area contributed by atoms with Crippen molar-refractivity contribution in [3.63, 3.8) is 0 Å². The van der Waals surface area contributed by atoms with Crippen molar-refractivity contribution >= 4 is 35.2 Å². The van der Waals surface area contributed by atoms with E-state index >= 15 is 0 Å². The first-order valence-corrected chi connectivity index (χ1v) is 9.99. The molecule has 1 saturated carbocycles. The van der Waals surface area contributed by atoms with Crippen molar-refractivity contribution in [3.8, 4) is 0 Å². The van der Waals surface area contributed by atoms with Gasteiger partial charge in [0, 0.05) is 6.07 Å². The van der Waals surface area contributed by atoms with E-state index in [1.807, 2.05) is 12.2 Å². The number of aromatic nitrogens is 1. The van der Waals surface area contributed by atoms with Gasteiger partial charge in [-0.2, -0.15) is 0 Å². The van der Waals surface area contributed by atoms with Crippen LogP contribution >= 0.6 is 0 Å². The fraction of sp³-hybridized carbons (Fsp3) is 0.318. The van der Waals surface area contributed by atoms with Gasteiger partial charge in [0.05, 0.1) is 23.1 Å². The largest absolute Gasteiger partial charge is 0.452 e. The topological polar surface area (TPSA) is 119 Å². The lowest BCUT2D eigenvalue weighted by molar-refractivity contribution is -0.123. The number of allylic oxidation sites excluding steroid dienone is 2. The van der Waals surface area contributed by atoms with E-state index in [0.29, 0.717) is 11.4 Å². The molecule has 4 atom stereocenters. The minimum absolute atomic E-state index is 0.137. The number of ether oxygens (including phenoxy) is 1. The Hall–Kier alpha value is -3.75. The molecular weight excluding hydrogens is 402 g/mol. The maximum absolute atomic E-state index is 12.9. The maximum Gasteiger partial charge on any atom is 0.338 e. The van der Waals surface area contributed by atoms with Crippen LogP contribution in [0.3, 0.4) is 0 Å².